The van der Waals surface area contributed by atoms with Gasteiger partial charge in [0.05, 0.1) is 0 Å². The van der Waals surface area contributed by atoms with Crippen LogP contribution in [0.2, 0.25) is 0 Å². The van der Waals surface area contributed by atoms with Gasteiger partial charge < -0.3 is 5.73 Å². The van der Waals surface area contributed by atoms with Crippen molar-refractivity contribution in [3.63, 3.8) is 0 Å². The molecule has 1 unspecified atom stereocenters. The number of rotatable bonds is 2. The minimum Gasteiger partial charge on any atom is -0.326 e. The van der Waals surface area contributed by atoms with Crippen LogP contribution < -0.4 is 5.73 Å². The second-order valence-electron chi connectivity index (χ2n) is 5.65. The molecule has 0 aromatic carbocycles. The van der Waals surface area contributed by atoms with Gasteiger partial charge >= 0.3 is 0 Å². The Bertz CT molecular complexity index is 194. The number of nitrogens with zero attached hydrogens (tertiary/aromatic N) is 1. The Hall–Kier alpha value is -0.0800. The highest BCUT2D eigenvalue weighted by molar-refractivity contribution is 4.98. The summed E-state index contributed by atoms with van der Waals surface area (Å²) in [6, 6.07) is 0.379. The van der Waals surface area contributed by atoms with E-state index >= 15 is 0 Å². The van der Waals surface area contributed by atoms with Crippen LogP contribution in [0.15, 0.2) is 0 Å². The van der Waals surface area contributed by atoms with Crippen molar-refractivity contribution in [2.75, 3.05) is 13.1 Å². The third-order valence-electron chi connectivity index (χ3n) is 4.39. The van der Waals surface area contributed by atoms with Gasteiger partial charge in [-0.2, -0.15) is 0 Å². The molecule has 1 aliphatic heterocycles. The third-order valence-corrected chi connectivity index (χ3v) is 4.39. The van der Waals surface area contributed by atoms with Crippen LogP contribution in [0.3, 0.4) is 0 Å². The lowest BCUT2D eigenvalue weighted by Gasteiger charge is -2.36. The molecule has 0 spiro atoms. The molecule has 0 amide bonds. The standard InChI is InChI=1S/C12H24N2/c1-12(2)11(13)7-8-14(12)9-10-5-3-4-6-10/h10-11H,3-9,13H2,1-2H3. The van der Waals surface area contributed by atoms with Gasteiger partial charge in [0, 0.05) is 24.7 Å². The first kappa shape index (κ1) is 10.4. The number of hydrogen-bond acceptors (Lipinski definition) is 2. The lowest BCUT2D eigenvalue weighted by molar-refractivity contribution is 0.138. The largest absolute Gasteiger partial charge is 0.326 e. The molecule has 1 saturated carbocycles. The molecule has 1 aliphatic carbocycles. The minimum absolute atomic E-state index is 0.239. The van der Waals surface area contributed by atoms with Gasteiger partial charge in [0.15, 0.2) is 0 Å². The van der Waals surface area contributed by atoms with Crippen molar-refractivity contribution < 1.29 is 0 Å². The fourth-order valence-corrected chi connectivity index (χ4v) is 3.00. The summed E-state index contributed by atoms with van der Waals surface area (Å²) in [6.45, 7) is 7.12. The van der Waals surface area contributed by atoms with E-state index in [0.717, 1.165) is 5.92 Å². The predicted molar refractivity (Wildman–Crippen MR) is 60.2 cm³/mol. The van der Waals surface area contributed by atoms with Crippen molar-refractivity contribution in [1.82, 2.24) is 4.90 Å². The van der Waals surface area contributed by atoms with E-state index in [0.29, 0.717) is 6.04 Å². The minimum atomic E-state index is 0.239. The summed E-state index contributed by atoms with van der Waals surface area (Å²) in [7, 11) is 0. The maximum atomic E-state index is 6.14. The monoisotopic (exact) mass is 196 g/mol. The van der Waals surface area contributed by atoms with Crippen molar-refractivity contribution >= 4 is 0 Å². The maximum absolute atomic E-state index is 6.14. The molecule has 1 atom stereocenters. The lowest BCUT2D eigenvalue weighted by Crippen LogP contribution is -2.49. The van der Waals surface area contributed by atoms with Crippen LogP contribution in [-0.4, -0.2) is 29.6 Å². The van der Waals surface area contributed by atoms with Crippen LogP contribution in [0, 0.1) is 5.92 Å². The summed E-state index contributed by atoms with van der Waals surface area (Å²) >= 11 is 0. The first-order chi connectivity index (χ1) is 6.60. The van der Waals surface area contributed by atoms with Gasteiger partial charge in [0.2, 0.25) is 0 Å². The summed E-state index contributed by atoms with van der Waals surface area (Å²) in [5.41, 5.74) is 6.37. The van der Waals surface area contributed by atoms with E-state index in [-0.39, 0.29) is 5.54 Å². The lowest BCUT2D eigenvalue weighted by atomic mass is 9.95. The molecule has 0 aromatic heterocycles. The molecule has 14 heavy (non-hydrogen) atoms. The van der Waals surface area contributed by atoms with E-state index in [9.17, 15) is 0 Å². The molecule has 2 fully saturated rings. The van der Waals surface area contributed by atoms with Crippen molar-refractivity contribution in [2.24, 2.45) is 11.7 Å². The topological polar surface area (TPSA) is 29.3 Å². The molecule has 2 nitrogen and oxygen atoms in total. The highest BCUT2D eigenvalue weighted by Gasteiger charge is 2.39. The van der Waals surface area contributed by atoms with E-state index in [4.69, 9.17) is 5.73 Å². The van der Waals surface area contributed by atoms with Gasteiger partial charge in [-0.15, -0.1) is 0 Å². The van der Waals surface area contributed by atoms with E-state index in [1.54, 1.807) is 0 Å². The molecule has 1 heterocycles. The SMILES string of the molecule is CC1(C)C(N)CCN1CC1CCCC1. The van der Waals surface area contributed by atoms with Gasteiger partial charge in [-0.05, 0) is 39.0 Å². The van der Waals surface area contributed by atoms with Gasteiger partial charge in [-0.3, -0.25) is 4.90 Å². The molecule has 2 heteroatoms. The molecule has 0 bridgehead atoms. The van der Waals surface area contributed by atoms with Crippen LogP contribution >= 0.6 is 0 Å². The quantitative estimate of drug-likeness (QED) is 0.732. The Morgan fingerprint density at radius 3 is 2.36 bits per heavy atom. The predicted octanol–water partition coefficient (Wildman–Crippen LogP) is 1.99. The summed E-state index contributed by atoms with van der Waals surface area (Å²) < 4.78 is 0. The summed E-state index contributed by atoms with van der Waals surface area (Å²) in [4.78, 5) is 2.62. The number of hydrogen-bond donors (Lipinski definition) is 1. The molecule has 0 aromatic rings. The highest BCUT2D eigenvalue weighted by atomic mass is 15.2. The first-order valence-electron chi connectivity index (χ1n) is 6.11. The zero-order valence-electron chi connectivity index (χ0n) is 9.63. The Morgan fingerprint density at radius 1 is 1.21 bits per heavy atom. The second-order valence-corrected chi connectivity index (χ2v) is 5.65. The molecule has 1 saturated heterocycles. The number of nitrogens with two attached hydrogens (primary N) is 1. The molecule has 2 rings (SSSR count). The zero-order chi connectivity index (χ0) is 10.2. The average molecular weight is 196 g/mol. The van der Waals surface area contributed by atoms with Crippen molar-refractivity contribution in [1.29, 1.82) is 0 Å². The van der Waals surface area contributed by atoms with Crippen molar-refractivity contribution in [3.8, 4) is 0 Å². The van der Waals surface area contributed by atoms with Gasteiger partial charge in [0.1, 0.15) is 0 Å². The molecule has 2 aliphatic rings. The Balaban J connectivity index is 1.91. The van der Waals surface area contributed by atoms with E-state index in [1.165, 1.54) is 45.2 Å². The normalized spacial score (nSPS) is 34.1. The molecular formula is C12H24N2. The molecule has 82 valence electrons. The van der Waals surface area contributed by atoms with Crippen molar-refractivity contribution in [3.05, 3.63) is 0 Å². The number of likely N-dealkylation sites (tertiary alicyclic amines) is 1. The smallest absolute Gasteiger partial charge is 0.0304 e. The van der Waals surface area contributed by atoms with E-state index in [2.05, 4.69) is 18.7 Å². The molecule has 0 radical (unpaired) electrons. The van der Waals surface area contributed by atoms with Crippen LogP contribution in [0.1, 0.15) is 46.0 Å². The van der Waals surface area contributed by atoms with Crippen LogP contribution in [-0.2, 0) is 0 Å². The summed E-state index contributed by atoms with van der Waals surface area (Å²) in [5.74, 6) is 0.958. The van der Waals surface area contributed by atoms with Crippen LogP contribution in [0.25, 0.3) is 0 Å². The van der Waals surface area contributed by atoms with Gasteiger partial charge in [-0.1, -0.05) is 12.8 Å². The molecular weight excluding hydrogens is 172 g/mol. The van der Waals surface area contributed by atoms with Crippen LogP contribution in [0.4, 0.5) is 0 Å². The first-order valence-corrected chi connectivity index (χ1v) is 6.11. The zero-order valence-corrected chi connectivity index (χ0v) is 9.63. The van der Waals surface area contributed by atoms with E-state index < -0.39 is 0 Å². The van der Waals surface area contributed by atoms with Crippen molar-refractivity contribution in [2.45, 2.75) is 57.5 Å². The second kappa shape index (κ2) is 3.82. The highest BCUT2D eigenvalue weighted by Crippen LogP contribution is 2.32. The summed E-state index contributed by atoms with van der Waals surface area (Å²) in [6.07, 6.45) is 6.97. The molecule has 2 N–H and O–H groups in total. The third kappa shape index (κ3) is 1.82. The summed E-state index contributed by atoms with van der Waals surface area (Å²) in [5, 5.41) is 0. The Labute approximate surface area is 87.8 Å². The Kier molecular flexibility index (Phi) is 2.85. The fraction of sp³-hybridized carbons (Fsp3) is 1.00. The maximum Gasteiger partial charge on any atom is 0.0304 e. The van der Waals surface area contributed by atoms with Gasteiger partial charge in [-0.25, -0.2) is 0 Å². The van der Waals surface area contributed by atoms with E-state index in [1.807, 2.05) is 0 Å². The average Bonchev–Trinajstić information content (AvgIpc) is 2.70. The fourth-order valence-electron chi connectivity index (χ4n) is 3.00. The van der Waals surface area contributed by atoms with Crippen LogP contribution in [0.5, 0.6) is 0 Å². The Morgan fingerprint density at radius 2 is 1.86 bits per heavy atom. The van der Waals surface area contributed by atoms with Gasteiger partial charge in [0.25, 0.3) is 0 Å².